The van der Waals surface area contributed by atoms with Gasteiger partial charge in [-0.05, 0) is 27.2 Å². The summed E-state index contributed by atoms with van der Waals surface area (Å²) in [6.07, 6.45) is -14.2. The van der Waals surface area contributed by atoms with Gasteiger partial charge >= 0.3 is 38.5 Å². The lowest BCUT2D eigenvalue weighted by molar-refractivity contribution is -0.0839. The summed E-state index contributed by atoms with van der Waals surface area (Å²) >= 11 is 8.70. The summed E-state index contributed by atoms with van der Waals surface area (Å²) in [7, 11) is 0.279. The Morgan fingerprint density at radius 2 is 0.970 bits per heavy atom. The molecule has 101 heavy (non-hydrogen) atoms. The topological polar surface area (TPSA) is 504 Å². The Hall–Kier alpha value is -5.02. The van der Waals surface area contributed by atoms with E-state index < -0.39 is 162 Å². The number of hydrogen-bond donors (Lipinski definition) is 8. The molecule has 4 aliphatic heterocycles. The molecule has 9 N–H and O–H groups in total. The highest BCUT2D eigenvalue weighted by Gasteiger charge is 2.56. The van der Waals surface area contributed by atoms with Gasteiger partial charge in [-0.3, -0.25) is 55.2 Å². The van der Waals surface area contributed by atoms with Crippen LogP contribution in [-0.4, -0.2) is 233 Å². The summed E-state index contributed by atoms with van der Waals surface area (Å²) in [5, 5.41) is 11.7. The number of anilines is 3. The van der Waals surface area contributed by atoms with E-state index in [1.165, 1.54) is 60.4 Å². The van der Waals surface area contributed by atoms with Crippen LogP contribution in [0, 0.1) is 20.8 Å². The molecule has 5 aromatic heterocycles. The van der Waals surface area contributed by atoms with Crippen molar-refractivity contribution in [3.8, 4) is 0 Å². The van der Waals surface area contributed by atoms with Crippen molar-refractivity contribution in [2.24, 2.45) is 0 Å². The van der Waals surface area contributed by atoms with Crippen molar-refractivity contribution in [1.82, 2.24) is 48.2 Å². The van der Waals surface area contributed by atoms with Crippen molar-refractivity contribution in [3.05, 3.63) is 89.7 Å². The first-order valence-electron chi connectivity index (χ1n) is 31.8. The lowest BCUT2D eigenvalue weighted by Gasteiger charge is -2.29. The van der Waals surface area contributed by atoms with Crippen molar-refractivity contribution in [2.75, 3.05) is 118 Å². The molecule has 0 aromatic carbocycles. The maximum Gasteiger partial charge on any atom is 0.472 e. The predicted octanol–water partition coefficient (Wildman–Crippen LogP) is 1.60. The maximum atomic E-state index is 15.2. The van der Waals surface area contributed by atoms with Crippen molar-refractivity contribution in [1.29, 1.82) is 0 Å². The SMILES string of the molecule is CCCCC[C@H]1O[C@@H](n2cnc3c(N)ncnc32)[C@@H](OCCOC)C1OP(=O)(O)OC[C@H]1O[C@@H](n2cc(C)c(N)nc2=O)[C@@H](OCCOC)C1OP(=O)(S)OC[C@H]1O[C@@H](n2cc(C)c(=O)[nH]c2=O)[C@@H](OCCOC)C1OP(=O)(S)OC[C@H]1OC(n2cc(C)c(N)nc2=O)[C@@H](OCCOC)C1O. The number of thiol groups is 2. The van der Waals surface area contributed by atoms with Crippen LogP contribution in [0.1, 0.15) is 74.2 Å². The van der Waals surface area contributed by atoms with Gasteiger partial charge in [0.05, 0.1) is 85.1 Å². The molecule has 4 fully saturated rings. The second-order valence-electron chi connectivity index (χ2n) is 23.6. The van der Waals surface area contributed by atoms with Gasteiger partial charge in [0.15, 0.2) is 36.4 Å². The van der Waals surface area contributed by atoms with Gasteiger partial charge in [0.1, 0.15) is 90.6 Å². The number of unbranched alkanes of at least 4 members (excludes halogenated alkanes) is 2. The highest BCUT2D eigenvalue weighted by Crippen LogP contribution is 2.60. The van der Waals surface area contributed by atoms with E-state index in [-0.39, 0.29) is 87.0 Å². The number of nitrogens with zero attached hydrogens (tertiary/aromatic N) is 9. The molecular weight excluding hydrogens is 1440 g/mol. The van der Waals surface area contributed by atoms with Gasteiger partial charge in [-0.25, -0.2) is 43.0 Å². The fourth-order valence-electron chi connectivity index (χ4n) is 11.5. The predicted molar refractivity (Wildman–Crippen MR) is 359 cm³/mol. The number of methoxy groups -OCH3 is 4. The number of imidazole rings is 1. The number of phosphoric ester groups is 1. The van der Waals surface area contributed by atoms with Crippen molar-refractivity contribution < 1.29 is 108 Å². The molecule has 564 valence electrons. The molecule has 0 radical (unpaired) electrons. The number of nitrogens with one attached hydrogen (secondary N) is 1. The van der Waals surface area contributed by atoms with Crippen molar-refractivity contribution in [3.63, 3.8) is 0 Å². The number of fused-ring (bicyclic) bond motifs is 1. The van der Waals surface area contributed by atoms with Crippen LogP contribution in [0.5, 0.6) is 0 Å². The number of hydrogen-bond acceptors (Lipinski definition) is 34. The molecule has 0 spiro atoms. The molecule has 0 amide bonds. The molecule has 4 aliphatic rings. The number of aliphatic hydroxyl groups is 1. The quantitative estimate of drug-likeness (QED) is 0.0157. The van der Waals surface area contributed by atoms with Crippen LogP contribution in [0.3, 0.4) is 0 Å². The number of ether oxygens (including phenoxy) is 12. The first-order chi connectivity index (χ1) is 48.1. The third kappa shape index (κ3) is 19.7. The van der Waals surface area contributed by atoms with Gasteiger partial charge in [0, 0.05) is 63.7 Å². The number of aryl methyl sites for hydroxylation is 3. The molecular formula is C56H86N13O27P3S2. The standard InChI is InChI=1S/C56H86N13O27P3S2/c1-9-10-11-12-32-38(42(84-18-14-80-6)53(90-32)69-28-62-36-47(59)60-27-61-48(36)69)94-97(75,76)87-25-34-39(43(85-19-15-81-7)51(92-34)67-22-30(3)46(58)64-55(67)73)95-99(78,101)89-26-35-40(44(86-20-16-82-8)52(93-35)68-23-31(4)49(71)65-56(68)74)96-98(77,100)88-24-33-37(70)41(83-17-13-79-5)50(91-33)66-21-29(2)45(57)63-54(66)72/h21-23,27-28,32-35,37-44,50-53,70H,9-20,24-26H2,1-8H3,(H,75,76)(H,77,100)(H,78,101)(H2,57,63,72)(H2,58,64,73)(H2,59,60,61)(H,65,71,74)/t32-,33-,34-,35-,37?,38?,39?,40?,41+,42+,43+,44+,50?,51-,52-,53-,98?,99?/m1/s1. The fraction of sp³-hybridized carbons (Fsp3) is 0.696. The fourth-order valence-corrected chi connectivity index (χ4v) is 15.5. The highest BCUT2D eigenvalue weighted by atomic mass is 32.7. The smallest absolute Gasteiger partial charge is 0.387 e. The molecule has 5 aromatic rings. The van der Waals surface area contributed by atoms with E-state index in [0.29, 0.717) is 24.0 Å². The van der Waals surface area contributed by atoms with E-state index in [2.05, 4.69) is 54.4 Å². The van der Waals surface area contributed by atoms with Gasteiger partial charge in [0.2, 0.25) is 0 Å². The lowest BCUT2D eigenvalue weighted by atomic mass is 10.0. The minimum Gasteiger partial charge on any atom is -0.387 e. The van der Waals surface area contributed by atoms with E-state index in [4.69, 9.17) is 101 Å². The van der Waals surface area contributed by atoms with Gasteiger partial charge in [-0.1, -0.05) is 50.7 Å². The molecule has 45 heteroatoms. The summed E-state index contributed by atoms with van der Waals surface area (Å²) in [6.45, 7) is -6.50. The zero-order valence-electron chi connectivity index (χ0n) is 56.3. The largest absolute Gasteiger partial charge is 0.472 e. The van der Waals surface area contributed by atoms with E-state index in [1.54, 1.807) is 18.4 Å². The minimum absolute atomic E-state index is 0.0300. The number of aliphatic hydroxyl groups excluding tert-OH is 1. The van der Waals surface area contributed by atoms with Crippen LogP contribution in [0.2, 0.25) is 0 Å². The number of nitrogen functional groups attached to an aromatic ring is 3. The van der Waals surface area contributed by atoms with E-state index >= 15 is 4.57 Å². The number of aromatic nitrogens is 10. The number of aromatic amines is 1. The van der Waals surface area contributed by atoms with Crippen molar-refractivity contribution in [2.45, 2.75) is 152 Å². The van der Waals surface area contributed by atoms with Gasteiger partial charge in [-0.15, -0.1) is 0 Å². The molecule has 4 saturated heterocycles. The normalized spacial score (nSPS) is 28.6. The van der Waals surface area contributed by atoms with E-state index in [0.717, 1.165) is 32.7 Å². The van der Waals surface area contributed by atoms with E-state index in [1.807, 2.05) is 6.92 Å². The molecule has 9 rings (SSSR count). The first-order valence-corrected chi connectivity index (χ1v) is 38.7. The van der Waals surface area contributed by atoms with Crippen LogP contribution < -0.4 is 39.8 Å². The average Bonchev–Trinajstić information content (AvgIpc) is 1.64. The number of rotatable bonds is 39. The van der Waals surface area contributed by atoms with Gasteiger partial charge in [0.25, 0.3) is 5.56 Å². The number of H-pyrrole nitrogens is 1. The lowest BCUT2D eigenvalue weighted by Crippen LogP contribution is -2.41. The molecule has 19 atom stereocenters. The highest BCUT2D eigenvalue weighted by molar-refractivity contribution is 8.44. The average molecular weight is 1530 g/mol. The Balaban J connectivity index is 1.01. The number of phosphoric acid groups is 1. The molecule has 0 bridgehead atoms. The summed E-state index contributed by atoms with van der Waals surface area (Å²) in [4.78, 5) is 88.0. The molecule has 9 heterocycles. The number of nitrogens with two attached hydrogens (primary N) is 3. The Bertz CT molecular complexity index is 3990. The summed E-state index contributed by atoms with van der Waals surface area (Å²) in [5.74, 6) is -0.100. The van der Waals surface area contributed by atoms with Crippen LogP contribution in [0.4, 0.5) is 17.5 Å². The van der Waals surface area contributed by atoms with Crippen LogP contribution in [0.25, 0.3) is 11.2 Å². The van der Waals surface area contributed by atoms with Crippen LogP contribution >= 0.6 is 45.9 Å². The second kappa shape index (κ2) is 35.8. The molecule has 40 nitrogen and oxygen atoms in total. The van der Waals surface area contributed by atoms with Crippen LogP contribution in [0.15, 0.2) is 50.4 Å². The van der Waals surface area contributed by atoms with Gasteiger partial charge < -0.3 is 84.0 Å². The summed E-state index contributed by atoms with van der Waals surface area (Å²) < 4.78 is 157. The Morgan fingerprint density at radius 1 is 0.535 bits per heavy atom. The third-order valence-corrected chi connectivity index (χ3v) is 20.8. The zero-order chi connectivity index (χ0) is 73.1. The van der Waals surface area contributed by atoms with E-state index in [9.17, 15) is 38.3 Å². The second-order valence-corrected chi connectivity index (χ2v) is 30.8. The maximum absolute atomic E-state index is 15.2. The summed E-state index contributed by atoms with van der Waals surface area (Å²) in [6, 6.07) is 0. The molecule has 0 saturated carbocycles. The van der Waals surface area contributed by atoms with Gasteiger partial charge in [-0.2, -0.15) is 9.97 Å². The monoisotopic (exact) mass is 1530 g/mol. The molecule has 8 unspecified atom stereocenters. The molecule has 0 aliphatic carbocycles. The zero-order valence-corrected chi connectivity index (χ0v) is 60.8. The minimum atomic E-state index is -5.35. The first kappa shape index (κ1) is 80.1. The Morgan fingerprint density at radius 3 is 1.49 bits per heavy atom. The van der Waals surface area contributed by atoms with Crippen LogP contribution in [-0.2, 0) is 97.7 Å². The summed E-state index contributed by atoms with van der Waals surface area (Å²) in [5.41, 5.74) is 15.8. The Kier molecular flexibility index (Phi) is 28.4. The Labute approximate surface area is 587 Å². The van der Waals surface area contributed by atoms with Crippen molar-refractivity contribution >= 4 is 74.5 Å². The third-order valence-electron chi connectivity index (χ3n) is 16.6.